The third-order valence-corrected chi connectivity index (χ3v) is 6.46. The van der Waals surface area contributed by atoms with Crippen molar-refractivity contribution in [1.82, 2.24) is 4.57 Å². The lowest BCUT2D eigenvalue weighted by atomic mass is 9.82. The number of benzene rings is 1. The maximum absolute atomic E-state index is 13.0. The summed E-state index contributed by atoms with van der Waals surface area (Å²) in [5.41, 5.74) is 0.767. The van der Waals surface area contributed by atoms with E-state index in [9.17, 15) is 9.59 Å². The van der Waals surface area contributed by atoms with E-state index < -0.39 is 0 Å². The molecule has 2 fully saturated rings. The number of fused-ring (bicyclic) bond motifs is 1. The zero-order valence-corrected chi connectivity index (χ0v) is 16.7. The Labute approximate surface area is 166 Å². The highest BCUT2D eigenvalue weighted by Gasteiger charge is 2.25. The maximum atomic E-state index is 13.0. The van der Waals surface area contributed by atoms with Gasteiger partial charge in [0, 0.05) is 48.3 Å². The molecule has 1 aromatic heterocycles. The van der Waals surface area contributed by atoms with Crippen molar-refractivity contribution in [1.29, 1.82) is 0 Å². The van der Waals surface area contributed by atoms with E-state index in [1.165, 1.54) is 0 Å². The molecule has 5 heteroatoms. The Morgan fingerprint density at radius 1 is 1.07 bits per heavy atom. The average molecular weight is 383 g/mol. The van der Waals surface area contributed by atoms with E-state index in [1.807, 2.05) is 35.0 Å². The molecule has 0 spiro atoms. The Morgan fingerprint density at radius 3 is 2.57 bits per heavy atom. The number of pyridine rings is 1. The molecule has 0 bridgehead atoms. The third-order valence-electron chi connectivity index (χ3n) is 6.46. The van der Waals surface area contributed by atoms with E-state index in [2.05, 4.69) is 12.2 Å². The number of carbonyl (C=O) groups excluding carboxylic acids is 1. The number of aromatic nitrogens is 1. The smallest absolute Gasteiger partial charge is 0.258 e. The standard InChI is InChI=1S/C23H30N2O3/c1-16-5-7-18(8-6-16)22(26)24-21-4-2-3-20-19(21)9-12-25(23(20)27)15-17-10-13-28-14-11-17/h2-4,9,12,16-18H,5-8,10-11,13-15H2,1H3,(H,24,26)/t16-,18-. The quantitative estimate of drug-likeness (QED) is 0.862. The summed E-state index contributed by atoms with van der Waals surface area (Å²) in [5, 5.41) is 4.59. The molecule has 5 nitrogen and oxygen atoms in total. The molecule has 0 atom stereocenters. The molecule has 2 aliphatic rings. The minimum Gasteiger partial charge on any atom is -0.381 e. The van der Waals surface area contributed by atoms with Crippen molar-refractivity contribution in [3.8, 4) is 0 Å². The highest BCUT2D eigenvalue weighted by molar-refractivity contribution is 6.02. The van der Waals surface area contributed by atoms with Gasteiger partial charge in [-0.2, -0.15) is 0 Å². The van der Waals surface area contributed by atoms with E-state index in [4.69, 9.17) is 4.74 Å². The largest absolute Gasteiger partial charge is 0.381 e. The summed E-state index contributed by atoms with van der Waals surface area (Å²) in [5.74, 6) is 1.38. The number of ether oxygens (including phenoxy) is 1. The summed E-state index contributed by atoms with van der Waals surface area (Å²) in [4.78, 5) is 25.7. The molecule has 2 aromatic rings. The first-order valence-electron chi connectivity index (χ1n) is 10.6. The van der Waals surface area contributed by atoms with Crippen molar-refractivity contribution < 1.29 is 9.53 Å². The molecule has 0 radical (unpaired) electrons. The normalized spacial score (nSPS) is 23.6. The van der Waals surface area contributed by atoms with Crippen LogP contribution in [0, 0.1) is 17.8 Å². The molecule has 1 aliphatic carbocycles. The Morgan fingerprint density at radius 2 is 1.82 bits per heavy atom. The second-order valence-corrected chi connectivity index (χ2v) is 8.54. The number of amides is 1. The first-order chi connectivity index (χ1) is 13.6. The Hall–Kier alpha value is -2.14. The summed E-state index contributed by atoms with van der Waals surface area (Å²) in [7, 11) is 0. The van der Waals surface area contributed by atoms with E-state index in [0.29, 0.717) is 11.3 Å². The molecule has 1 aromatic carbocycles. The fourth-order valence-corrected chi connectivity index (χ4v) is 4.54. The summed E-state index contributed by atoms with van der Waals surface area (Å²) < 4.78 is 7.23. The first kappa shape index (κ1) is 19.2. The second kappa shape index (κ2) is 8.48. The number of nitrogens with zero attached hydrogens (tertiary/aromatic N) is 1. The van der Waals surface area contributed by atoms with Crippen LogP contribution in [0.25, 0.3) is 10.8 Å². The zero-order valence-electron chi connectivity index (χ0n) is 16.7. The molecular weight excluding hydrogens is 352 g/mol. The van der Waals surface area contributed by atoms with Gasteiger partial charge in [0.1, 0.15) is 0 Å². The molecule has 1 N–H and O–H groups in total. The van der Waals surface area contributed by atoms with Gasteiger partial charge >= 0.3 is 0 Å². The maximum Gasteiger partial charge on any atom is 0.258 e. The van der Waals surface area contributed by atoms with Crippen LogP contribution in [0.2, 0.25) is 0 Å². The molecular formula is C23H30N2O3. The molecule has 4 rings (SSSR count). The minimum absolute atomic E-state index is 0.0200. The van der Waals surface area contributed by atoms with Gasteiger partial charge in [0.2, 0.25) is 5.91 Å². The van der Waals surface area contributed by atoms with Crippen LogP contribution in [0.1, 0.15) is 45.4 Å². The van der Waals surface area contributed by atoms with Gasteiger partial charge in [-0.3, -0.25) is 9.59 Å². The molecule has 1 saturated heterocycles. The summed E-state index contributed by atoms with van der Waals surface area (Å²) in [6.07, 6.45) is 8.01. The van der Waals surface area contributed by atoms with Crippen LogP contribution < -0.4 is 10.9 Å². The van der Waals surface area contributed by atoms with Gasteiger partial charge < -0.3 is 14.6 Å². The summed E-state index contributed by atoms with van der Waals surface area (Å²) >= 11 is 0. The third kappa shape index (κ3) is 4.14. The van der Waals surface area contributed by atoms with Gasteiger partial charge in [-0.1, -0.05) is 13.0 Å². The van der Waals surface area contributed by atoms with Crippen molar-refractivity contribution in [3.05, 3.63) is 40.8 Å². The predicted molar refractivity (Wildman–Crippen MR) is 112 cm³/mol. The van der Waals surface area contributed by atoms with Gasteiger partial charge in [-0.05, 0) is 68.6 Å². The van der Waals surface area contributed by atoms with Crippen LogP contribution in [-0.4, -0.2) is 23.7 Å². The van der Waals surface area contributed by atoms with Crippen molar-refractivity contribution >= 4 is 22.4 Å². The minimum atomic E-state index is 0.0200. The van der Waals surface area contributed by atoms with Gasteiger partial charge in [0.25, 0.3) is 5.56 Å². The lowest BCUT2D eigenvalue weighted by Gasteiger charge is -2.25. The summed E-state index contributed by atoms with van der Waals surface area (Å²) in [6, 6.07) is 7.58. The van der Waals surface area contributed by atoms with E-state index in [-0.39, 0.29) is 17.4 Å². The molecule has 2 heterocycles. The van der Waals surface area contributed by atoms with Gasteiger partial charge in [-0.15, -0.1) is 0 Å². The molecule has 1 amide bonds. The molecule has 150 valence electrons. The lowest BCUT2D eigenvalue weighted by Crippen LogP contribution is -2.28. The highest BCUT2D eigenvalue weighted by atomic mass is 16.5. The first-order valence-corrected chi connectivity index (χ1v) is 10.6. The fourth-order valence-electron chi connectivity index (χ4n) is 4.54. The Bertz CT molecular complexity index is 890. The van der Waals surface area contributed by atoms with Gasteiger partial charge in [-0.25, -0.2) is 0 Å². The molecule has 1 aliphatic heterocycles. The fraction of sp³-hybridized carbons (Fsp3) is 0.565. The monoisotopic (exact) mass is 382 g/mol. The molecule has 28 heavy (non-hydrogen) atoms. The summed E-state index contributed by atoms with van der Waals surface area (Å²) in [6.45, 7) is 4.55. The van der Waals surface area contributed by atoms with Gasteiger partial charge in [0.05, 0.1) is 0 Å². The Kier molecular flexibility index (Phi) is 5.81. The second-order valence-electron chi connectivity index (χ2n) is 8.54. The van der Waals surface area contributed by atoms with Crippen LogP contribution in [0.3, 0.4) is 0 Å². The van der Waals surface area contributed by atoms with Crippen LogP contribution in [0.5, 0.6) is 0 Å². The predicted octanol–water partition coefficient (Wildman–Crippen LogP) is 4.19. The average Bonchev–Trinajstić information content (AvgIpc) is 2.72. The topological polar surface area (TPSA) is 60.3 Å². The SMILES string of the molecule is C[C@H]1CC[C@H](C(=O)Nc2cccc3c(=O)n(CC4CCOCC4)ccc23)CC1. The van der Waals surface area contributed by atoms with E-state index in [0.717, 1.165) is 75.3 Å². The lowest BCUT2D eigenvalue weighted by molar-refractivity contribution is -0.121. The van der Waals surface area contributed by atoms with Crippen molar-refractivity contribution in [2.45, 2.75) is 52.0 Å². The number of hydrogen-bond acceptors (Lipinski definition) is 3. The number of nitrogens with one attached hydrogen (secondary N) is 1. The van der Waals surface area contributed by atoms with E-state index in [1.54, 1.807) is 0 Å². The van der Waals surface area contributed by atoms with Crippen molar-refractivity contribution in [2.24, 2.45) is 17.8 Å². The Balaban J connectivity index is 1.54. The van der Waals surface area contributed by atoms with Crippen LogP contribution >= 0.6 is 0 Å². The number of anilines is 1. The highest BCUT2D eigenvalue weighted by Crippen LogP contribution is 2.30. The van der Waals surface area contributed by atoms with Crippen molar-refractivity contribution in [3.63, 3.8) is 0 Å². The number of rotatable bonds is 4. The van der Waals surface area contributed by atoms with E-state index >= 15 is 0 Å². The van der Waals surface area contributed by atoms with Crippen LogP contribution in [0.15, 0.2) is 35.3 Å². The van der Waals surface area contributed by atoms with Crippen LogP contribution in [-0.2, 0) is 16.1 Å². The van der Waals surface area contributed by atoms with Crippen LogP contribution in [0.4, 0.5) is 5.69 Å². The number of hydrogen-bond donors (Lipinski definition) is 1. The van der Waals surface area contributed by atoms with Gasteiger partial charge in [0.15, 0.2) is 0 Å². The number of carbonyl (C=O) groups is 1. The molecule has 0 unspecified atom stereocenters. The zero-order chi connectivity index (χ0) is 19.5. The van der Waals surface area contributed by atoms with Crippen molar-refractivity contribution in [2.75, 3.05) is 18.5 Å². The molecule has 1 saturated carbocycles.